The summed E-state index contributed by atoms with van der Waals surface area (Å²) < 4.78 is 0.780. The lowest BCUT2D eigenvalue weighted by Gasteiger charge is -1.94. The van der Waals surface area contributed by atoms with Gasteiger partial charge >= 0.3 is 5.97 Å². The maximum absolute atomic E-state index is 10.2. The molecule has 1 aromatic rings. The standard InChI is InChI=1S/C8H6BrNO2/c9-7-5-10-4-3-6(7)1-2-8(11)12/h1-5H,(H,11,12). The molecule has 0 saturated heterocycles. The van der Waals surface area contributed by atoms with E-state index in [1.165, 1.54) is 6.08 Å². The number of aromatic nitrogens is 1. The Bertz CT molecular complexity index is 323. The summed E-state index contributed by atoms with van der Waals surface area (Å²) in [7, 11) is 0. The van der Waals surface area contributed by atoms with Gasteiger partial charge in [0.1, 0.15) is 0 Å². The number of carbonyl (C=O) groups is 1. The van der Waals surface area contributed by atoms with E-state index in [0.29, 0.717) is 0 Å². The molecule has 1 N–H and O–H groups in total. The minimum Gasteiger partial charge on any atom is -0.478 e. The van der Waals surface area contributed by atoms with Crippen molar-refractivity contribution in [2.45, 2.75) is 0 Å². The van der Waals surface area contributed by atoms with Crippen LogP contribution in [0.1, 0.15) is 5.56 Å². The first kappa shape index (κ1) is 8.93. The fraction of sp³-hybridized carbons (Fsp3) is 0. The molecule has 12 heavy (non-hydrogen) atoms. The van der Waals surface area contributed by atoms with E-state index < -0.39 is 5.97 Å². The van der Waals surface area contributed by atoms with E-state index in [4.69, 9.17) is 5.11 Å². The van der Waals surface area contributed by atoms with Gasteiger partial charge in [-0.1, -0.05) is 0 Å². The Morgan fingerprint density at radius 1 is 1.67 bits per heavy atom. The van der Waals surface area contributed by atoms with Crippen LogP contribution in [0.4, 0.5) is 0 Å². The Morgan fingerprint density at radius 3 is 3.00 bits per heavy atom. The van der Waals surface area contributed by atoms with E-state index >= 15 is 0 Å². The van der Waals surface area contributed by atoms with Crippen LogP contribution >= 0.6 is 15.9 Å². The Labute approximate surface area is 77.9 Å². The van der Waals surface area contributed by atoms with Gasteiger partial charge in [-0.05, 0) is 33.6 Å². The first-order valence-electron chi connectivity index (χ1n) is 3.20. The summed E-state index contributed by atoms with van der Waals surface area (Å²) in [6.45, 7) is 0. The number of hydrogen-bond acceptors (Lipinski definition) is 2. The molecule has 0 atom stereocenters. The lowest BCUT2D eigenvalue weighted by atomic mass is 10.2. The number of halogens is 1. The van der Waals surface area contributed by atoms with Gasteiger partial charge in [-0.25, -0.2) is 4.79 Å². The van der Waals surface area contributed by atoms with Crippen molar-refractivity contribution >= 4 is 28.0 Å². The molecule has 0 fully saturated rings. The summed E-state index contributed by atoms with van der Waals surface area (Å²) in [5.41, 5.74) is 0.799. The van der Waals surface area contributed by atoms with E-state index in [0.717, 1.165) is 16.1 Å². The molecule has 1 rings (SSSR count). The molecule has 0 aromatic carbocycles. The topological polar surface area (TPSA) is 50.2 Å². The van der Waals surface area contributed by atoms with Crippen LogP contribution in [-0.2, 0) is 4.79 Å². The van der Waals surface area contributed by atoms with Crippen LogP contribution in [0, 0.1) is 0 Å². The second-order valence-corrected chi connectivity index (χ2v) is 2.92. The molecule has 62 valence electrons. The molecular weight excluding hydrogens is 222 g/mol. The predicted molar refractivity (Wildman–Crippen MR) is 48.6 cm³/mol. The molecule has 0 aliphatic rings. The highest BCUT2D eigenvalue weighted by atomic mass is 79.9. The summed E-state index contributed by atoms with van der Waals surface area (Å²) in [6, 6.07) is 1.73. The van der Waals surface area contributed by atoms with Crippen molar-refractivity contribution in [3.63, 3.8) is 0 Å². The van der Waals surface area contributed by atoms with Gasteiger partial charge in [-0.15, -0.1) is 0 Å². The van der Waals surface area contributed by atoms with Crippen LogP contribution in [-0.4, -0.2) is 16.1 Å². The molecule has 0 radical (unpaired) electrons. The highest BCUT2D eigenvalue weighted by molar-refractivity contribution is 9.10. The maximum atomic E-state index is 10.2. The quantitative estimate of drug-likeness (QED) is 0.787. The molecule has 4 heteroatoms. The molecule has 0 aliphatic heterocycles. The van der Waals surface area contributed by atoms with Crippen molar-refractivity contribution in [1.82, 2.24) is 4.98 Å². The first-order chi connectivity index (χ1) is 5.70. The highest BCUT2D eigenvalue weighted by Gasteiger charge is 1.94. The zero-order valence-electron chi connectivity index (χ0n) is 6.07. The van der Waals surface area contributed by atoms with Crippen LogP contribution < -0.4 is 0 Å². The summed E-state index contributed by atoms with van der Waals surface area (Å²) in [4.78, 5) is 14.0. The van der Waals surface area contributed by atoms with Gasteiger partial charge < -0.3 is 5.11 Å². The van der Waals surface area contributed by atoms with E-state index in [1.54, 1.807) is 18.5 Å². The van der Waals surface area contributed by atoms with Crippen LogP contribution in [0.25, 0.3) is 6.08 Å². The van der Waals surface area contributed by atoms with Crippen molar-refractivity contribution in [3.05, 3.63) is 34.6 Å². The highest BCUT2D eigenvalue weighted by Crippen LogP contribution is 2.15. The number of rotatable bonds is 2. The average molecular weight is 228 g/mol. The van der Waals surface area contributed by atoms with Crippen molar-refractivity contribution < 1.29 is 9.90 Å². The lowest BCUT2D eigenvalue weighted by Crippen LogP contribution is -1.86. The molecule has 0 saturated carbocycles. The molecule has 3 nitrogen and oxygen atoms in total. The van der Waals surface area contributed by atoms with E-state index in [2.05, 4.69) is 20.9 Å². The Hall–Kier alpha value is -1.16. The first-order valence-corrected chi connectivity index (χ1v) is 4.00. The van der Waals surface area contributed by atoms with Crippen LogP contribution in [0.3, 0.4) is 0 Å². The molecule has 0 spiro atoms. The van der Waals surface area contributed by atoms with Crippen molar-refractivity contribution in [2.75, 3.05) is 0 Å². The van der Waals surface area contributed by atoms with Gasteiger partial charge in [0.05, 0.1) is 0 Å². The number of hydrogen-bond donors (Lipinski definition) is 1. The number of carboxylic acid groups (broad SMARTS) is 1. The third-order valence-corrected chi connectivity index (χ3v) is 1.87. The molecular formula is C8H6BrNO2. The van der Waals surface area contributed by atoms with E-state index in [9.17, 15) is 4.79 Å². The normalized spacial score (nSPS) is 10.4. The van der Waals surface area contributed by atoms with Crippen molar-refractivity contribution in [3.8, 4) is 0 Å². The third kappa shape index (κ3) is 2.47. The van der Waals surface area contributed by atoms with E-state index in [1.807, 2.05) is 0 Å². The third-order valence-electron chi connectivity index (χ3n) is 1.21. The van der Waals surface area contributed by atoms with Crippen molar-refractivity contribution in [1.29, 1.82) is 0 Å². The summed E-state index contributed by atoms with van der Waals surface area (Å²) >= 11 is 3.24. The fourth-order valence-electron chi connectivity index (χ4n) is 0.682. The lowest BCUT2D eigenvalue weighted by molar-refractivity contribution is -0.131. The molecule has 0 aliphatic carbocycles. The summed E-state index contributed by atoms with van der Waals surface area (Å²) in [5, 5.41) is 8.35. The Balaban J connectivity index is 2.89. The predicted octanol–water partition coefficient (Wildman–Crippen LogP) is 1.94. The number of aliphatic carboxylic acids is 1. The summed E-state index contributed by atoms with van der Waals surface area (Å²) in [6.07, 6.45) is 5.81. The molecule has 0 amide bonds. The maximum Gasteiger partial charge on any atom is 0.328 e. The SMILES string of the molecule is O=C(O)C=Cc1ccncc1Br. The second-order valence-electron chi connectivity index (χ2n) is 2.07. The minimum atomic E-state index is -0.960. The van der Waals surface area contributed by atoms with Gasteiger partial charge in [0.2, 0.25) is 0 Å². The fourth-order valence-corrected chi connectivity index (χ4v) is 1.06. The van der Waals surface area contributed by atoms with Gasteiger partial charge in [0.15, 0.2) is 0 Å². The Kier molecular flexibility index (Phi) is 2.99. The molecule has 0 unspecified atom stereocenters. The van der Waals surface area contributed by atoms with Crippen molar-refractivity contribution in [2.24, 2.45) is 0 Å². The smallest absolute Gasteiger partial charge is 0.328 e. The van der Waals surface area contributed by atoms with Gasteiger partial charge in [0, 0.05) is 22.9 Å². The van der Waals surface area contributed by atoms with Crippen LogP contribution in [0.2, 0.25) is 0 Å². The number of carboxylic acids is 1. The monoisotopic (exact) mass is 227 g/mol. The number of nitrogens with zero attached hydrogens (tertiary/aromatic N) is 1. The van der Waals surface area contributed by atoms with Crippen LogP contribution in [0.15, 0.2) is 29.0 Å². The minimum absolute atomic E-state index is 0.780. The summed E-state index contributed by atoms with van der Waals surface area (Å²) in [5.74, 6) is -0.960. The molecule has 1 aromatic heterocycles. The second kappa shape index (κ2) is 4.01. The zero-order valence-corrected chi connectivity index (χ0v) is 7.65. The molecule has 0 bridgehead atoms. The van der Waals surface area contributed by atoms with Crippen LogP contribution in [0.5, 0.6) is 0 Å². The van der Waals surface area contributed by atoms with Gasteiger partial charge in [0.25, 0.3) is 0 Å². The largest absolute Gasteiger partial charge is 0.478 e. The Morgan fingerprint density at radius 2 is 2.42 bits per heavy atom. The average Bonchev–Trinajstić information content (AvgIpc) is 2.03. The van der Waals surface area contributed by atoms with Gasteiger partial charge in [-0.3, -0.25) is 4.98 Å². The number of pyridine rings is 1. The molecule has 1 heterocycles. The van der Waals surface area contributed by atoms with E-state index in [-0.39, 0.29) is 0 Å². The van der Waals surface area contributed by atoms with Gasteiger partial charge in [-0.2, -0.15) is 0 Å². The zero-order chi connectivity index (χ0) is 8.97.